The summed E-state index contributed by atoms with van der Waals surface area (Å²) in [7, 11) is -2.06. The SMILES string of the molecule is Cc1cc(F)c(N)cc1S(=O)(=O)N(C)C(C)C1CC1. The average Bonchev–Trinajstić information content (AvgIpc) is 3.15. The molecule has 1 aliphatic carbocycles. The van der Waals surface area contributed by atoms with Gasteiger partial charge in [-0.2, -0.15) is 4.31 Å². The van der Waals surface area contributed by atoms with Crippen LogP contribution >= 0.6 is 0 Å². The van der Waals surface area contributed by atoms with E-state index in [2.05, 4.69) is 0 Å². The Morgan fingerprint density at radius 3 is 2.53 bits per heavy atom. The van der Waals surface area contributed by atoms with Gasteiger partial charge in [0.25, 0.3) is 0 Å². The zero-order chi connectivity index (χ0) is 14.4. The van der Waals surface area contributed by atoms with E-state index >= 15 is 0 Å². The summed E-state index contributed by atoms with van der Waals surface area (Å²) in [6.45, 7) is 3.47. The molecule has 1 aromatic rings. The lowest BCUT2D eigenvalue weighted by atomic mass is 10.2. The van der Waals surface area contributed by atoms with E-state index in [1.165, 1.54) is 10.4 Å². The van der Waals surface area contributed by atoms with Crippen LogP contribution in [0.2, 0.25) is 0 Å². The van der Waals surface area contributed by atoms with Crippen LogP contribution < -0.4 is 5.73 Å². The summed E-state index contributed by atoms with van der Waals surface area (Å²) in [5, 5.41) is 0. The summed E-state index contributed by atoms with van der Waals surface area (Å²) in [4.78, 5) is 0.0846. The van der Waals surface area contributed by atoms with E-state index < -0.39 is 15.8 Å². The first-order valence-corrected chi connectivity index (χ1v) is 7.73. The van der Waals surface area contributed by atoms with Crippen LogP contribution in [0.15, 0.2) is 17.0 Å². The molecule has 1 saturated carbocycles. The van der Waals surface area contributed by atoms with Gasteiger partial charge in [-0.1, -0.05) is 0 Å². The van der Waals surface area contributed by atoms with E-state index in [0.29, 0.717) is 11.5 Å². The van der Waals surface area contributed by atoms with E-state index in [1.807, 2.05) is 6.92 Å². The normalized spacial score (nSPS) is 17.7. The molecule has 1 unspecified atom stereocenters. The van der Waals surface area contributed by atoms with Crippen molar-refractivity contribution in [1.29, 1.82) is 0 Å². The van der Waals surface area contributed by atoms with Gasteiger partial charge < -0.3 is 5.73 Å². The largest absolute Gasteiger partial charge is 0.396 e. The van der Waals surface area contributed by atoms with Crippen LogP contribution in [0.25, 0.3) is 0 Å². The number of hydrogen-bond acceptors (Lipinski definition) is 3. The summed E-state index contributed by atoms with van der Waals surface area (Å²) in [6.07, 6.45) is 2.12. The third-order valence-electron chi connectivity index (χ3n) is 3.83. The van der Waals surface area contributed by atoms with Crippen molar-refractivity contribution >= 4 is 15.7 Å². The van der Waals surface area contributed by atoms with E-state index in [1.54, 1.807) is 14.0 Å². The van der Waals surface area contributed by atoms with Crippen LogP contribution in [0, 0.1) is 18.7 Å². The van der Waals surface area contributed by atoms with Crippen molar-refractivity contribution in [3.05, 3.63) is 23.5 Å². The van der Waals surface area contributed by atoms with Gasteiger partial charge in [0, 0.05) is 13.1 Å². The van der Waals surface area contributed by atoms with Crippen LogP contribution in [0.3, 0.4) is 0 Å². The molecule has 4 nitrogen and oxygen atoms in total. The second kappa shape index (κ2) is 4.76. The minimum Gasteiger partial charge on any atom is -0.396 e. The number of benzene rings is 1. The smallest absolute Gasteiger partial charge is 0.243 e. The summed E-state index contributed by atoms with van der Waals surface area (Å²) < 4.78 is 39.8. The molecule has 0 aliphatic heterocycles. The fraction of sp³-hybridized carbons (Fsp3) is 0.538. The number of nitrogens with zero attached hydrogens (tertiary/aromatic N) is 1. The lowest BCUT2D eigenvalue weighted by Crippen LogP contribution is -2.36. The first kappa shape index (κ1) is 14.3. The molecular weight excluding hydrogens is 267 g/mol. The van der Waals surface area contributed by atoms with Crippen molar-refractivity contribution in [2.24, 2.45) is 5.92 Å². The predicted octanol–water partition coefficient (Wildman–Crippen LogP) is 2.14. The summed E-state index contributed by atoms with van der Waals surface area (Å²) in [6, 6.07) is 2.32. The molecule has 0 bridgehead atoms. The quantitative estimate of drug-likeness (QED) is 0.862. The molecule has 106 valence electrons. The highest BCUT2D eigenvalue weighted by Crippen LogP contribution is 2.37. The highest BCUT2D eigenvalue weighted by molar-refractivity contribution is 7.89. The minimum absolute atomic E-state index is 0.0457. The van der Waals surface area contributed by atoms with E-state index in [-0.39, 0.29) is 16.6 Å². The molecule has 2 N–H and O–H groups in total. The second-order valence-corrected chi connectivity index (χ2v) is 7.20. The Kier molecular flexibility index (Phi) is 3.57. The lowest BCUT2D eigenvalue weighted by molar-refractivity contribution is 0.357. The van der Waals surface area contributed by atoms with Gasteiger partial charge in [-0.25, -0.2) is 12.8 Å². The molecule has 0 radical (unpaired) electrons. The van der Waals surface area contributed by atoms with Gasteiger partial charge in [0.1, 0.15) is 5.82 Å². The second-order valence-electron chi connectivity index (χ2n) is 5.24. The molecule has 19 heavy (non-hydrogen) atoms. The molecule has 6 heteroatoms. The summed E-state index contributed by atoms with van der Waals surface area (Å²) >= 11 is 0. The highest BCUT2D eigenvalue weighted by atomic mass is 32.2. The topological polar surface area (TPSA) is 63.4 Å². The number of nitrogens with two attached hydrogens (primary N) is 1. The van der Waals surface area contributed by atoms with Gasteiger partial charge in [-0.05, 0) is 50.3 Å². The van der Waals surface area contributed by atoms with Crippen molar-refractivity contribution in [3.63, 3.8) is 0 Å². The Labute approximate surface area is 113 Å². The van der Waals surface area contributed by atoms with E-state index in [4.69, 9.17) is 5.73 Å². The fourth-order valence-corrected chi connectivity index (χ4v) is 3.86. The zero-order valence-electron chi connectivity index (χ0n) is 11.4. The van der Waals surface area contributed by atoms with Crippen molar-refractivity contribution in [1.82, 2.24) is 4.31 Å². The third kappa shape index (κ3) is 2.60. The van der Waals surface area contributed by atoms with Gasteiger partial charge in [0.05, 0.1) is 10.6 Å². The van der Waals surface area contributed by atoms with E-state index in [9.17, 15) is 12.8 Å². The Morgan fingerprint density at radius 2 is 2.00 bits per heavy atom. The zero-order valence-corrected chi connectivity index (χ0v) is 12.2. The van der Waals surface area contributed by atoms with Crippen molar-refractivity contribution in [2.45, 2.75) is 37.6 Å². The molecule has 0 heterocycles. The van der Waals surface area contributed by atoms with Crippen molar-refractivity contribution < 1.29 is 12.8 Å². The monoisotopic (exact) mass is 286 g/mol. The fourth-order valence-electron chi connectivity index (χ4n) is 2.20. The number of aryl methyl sites for hydroxylation is 1. The molecule has 1 atom stereocenters. The Morgan fingerprint density at radius 1 is 1.42 bits per heavy atom. The number of nitrogen functional groups attached to an aromatic ring is 1. The van der Waals surface area contributed by atoms with Crippen LogP contribution in [-0.4, -0.2) is 25.8 Å². The van der Waals surface area contributed by atoms with Gasteiger partial charge in [0.2, 0.25) is 10.0 Å². The maximum Gasteiger partial charge on any atom is 0.243 e. The van der Waals surface area contributed by atoms with Gasteiger partial charge in [-0.3, -0.25) is 0 Å². The number of sulfonamides is 1. The number of hydrogen-bond donors (Lipinski definition) is 1. The van der Waals surface area contributed by atoms with Crippen molar-refractivity contribution in [3.8, 4) is 0 Å². The predicted molar refractivity (Wildman–Crippen MR) is 72.7 cm³/mol. The van der Waals surface area contributed by atoms with Crippen LogP contribution in [0.5, 0.6) is 0 Å². The maximum atomic E-state index is 13.3. The van der Waals surface area contributed by atoms with Gasteiger partial charge in [-0.15, -0.1) is 0 Å². The summed E-state index contributed by atoms with van der Waals surface area (Å²) in [5.41, 5.74) is 5.71. The van der Waals surface area contributed by atoms with Crippen LogP contribution in [0.1, 0.15) is 25.3 Å². The average molecular weight is 286 g/mol. The standard InChI is InChI=1S/C13H19FN2O2S/c1-8-6-11(14)12(15)7-13(8)19(17,18)16(3)9(2)10-4-5-10/h6-7,9-10H,4-5,15H2,1-3H3. The Balaban J connectivity index is 2.41. The number of anilines is 1. The first-order valence-electron chi connectivity index (χ1n) is 6.28. The van der Waals surface area contributed by atoms with Crippen LogP contribution in [-0.2, 0) is 10.0 Å². The maximum absolute atomic E-state index is 13.3. The molecule has 0 aromatic heterocycles. The number of rotatable bonds is 4. The first-order chi connectivity index (χ1) is 8.75. The molecule has 0 spiro atoms. The third-order valence-corrected chi connectivity index (χ3v) is 5.92. The molecule has 2 rings (SSSR count). The molecule has 0 saturated heterocycles. The van der Waals surface area contributed by atoms with Crippen LogP contribution in [0.4, 0.5) is 10.1 Å². The number of halogens is 1. The van der Waals surface area contributed by atoms with Gasteiger partial charge >= 0.3 is 0 Å². The summed E-state index contributed by atoms with van der Waals surface area (Å²) in [5.74, 6) is -0.160. The Bertz CT molecular complexity index is 597. The molecule has 0 amide bonds. The Hall–Kier alpha value is -1.14. The molecule has 1 fully saturated rings. The minimum atomic E-state index is -3.63. The lowest BCUT2D eigenvalue weighted by Gasteiger charge is -2.25. The molecule has 1 aliphatic rings. The van der Waals surface area contributed by atoms with E-state index in [0.717, 1.165) is 18.9 Å². The molecule has 1 aromatic carbocycles. The molecular formula is C13H19FN2O2S. The van der Waals surface area contributed by atoms with Crippen molar-refractivity contribution in [2.75, 3.05) is 12.8 Å². The highest BCUT2D eigenvalue weighted by Gasteiger charge is 2.36. The van der Waals surface area contributed by atoms with Gasteiger partial charge in [0.15, 0.2) is 0 Å².